The molecule has 0 bridgehead atoms. The van der Waals surface area contributed by atoms with Crippen molar-refractivity contribution in [3.63, 3.8) is 0 Å². The molecule has 0 spiro atoms. The van der Waals surface area contributed by atoms with E-state index in [0.717, 1.165) is 4.47 Å². The van der Waals surface area contributed by atoms with Crippen LogP contribution in [0.15, 0.2) is 22.7 Å². The van der Waals surface area contributed by atoms with E-state index in [0.29, 0.717) is 24.7 Å². The summed E-state index contributed by atoms with van der Waals surface area (Å²) in [4.78, 5) is 0. The maximum atomic E-state index is 5.38. The molecule has 1 rings (SSSR count). The lowest BCUT2D eigenvalue weighted by atomic mass is 10.3. The van der Waals surface area contributed by atoms with E-state index in [2.05, 4.69) is 15.9 Å². The molecule has 13 heavy (non-hydrogen) atoms. The van der Waals surface area contributed by atoms with Gasteiger partial charge in [-0.15, -0.1) is 0 Å². The van der Waals surface area contributed by atoms with Crippen LogP contribution in [0.3, 0.4) is 0 Å². The molecule has 0 unspecified atom stereocenters. The average molecular weight is 246 g/mol. The van der Waals surface area contributed by atoms with Gasteiger partial charge in [0.2, 0.25) is 0 Å². The summed E-state index contributed by atoms with van der Waals surface area (Å²) in [5, 5.41) is 0. The fourth-order valence-corrected chi connectivity index (χ4v) is 1.48. The predicted molar refractivity (Wildman–Crippen MR) is 55.2 cm³/mol. The number of methoxy groups -OCH3 is 1. The Morgan fingerprint density at radius 2 is 2.23 bits per heavy atom. The zero-order valence-electron chi connectivity index (χ0n) is 7.42. The molecular formula is C9H12BrNO2. The SMILES string of the molecule is COc1c(Br)cccc1OCCN. The maximum absolute atomic E-state index is 5.38. The topological polar surface area (TPSA) is 44.5 Å². The van der Waals surface area contributed by atoms with Gasteiger partial charge in [0, 0.05) is 6.54 Å². The van der Waals surface area contributed by atoms with Crippen molar-refractivity contribution in [3.8, 4) is 11.5 Å². The van der Waals surface area contributed by atoms with Crippen LogP contribution in [0.25, 0.3) is 0 Å². The molecule has 72 valence electrons. The number of hydrogen-bond acceptors (Lipinski definition) is 3. The van der Waals surface area contributed by atoms with Crippen LogP contribution in [0.5, 0.6) is 11.5 Å². The van der Waals surface area contributed by atoms with E-state index in [9.17, 15) is 0 Å². The summed E-state index contributed by atoms with van der Waals surface area (Å²) in [7, 11) is 1.61. The van der Waals surface area contributed by atoms with Gasteiger partial charge in [-0.1, -0.05) is 6.07 Å². The molecule has 4 heteroatoms. The second-order valence-corrected chi connectivity index (χ2v) is 3.26. The molecule has 2 N–H and O–H groups in total. The van der Waals surface area contributed by atoms with Crippen LogP contribution in [-0.4, -0.2) is 20.3 Å². The molecule has 3 nitrogen and oxygen atoms in total. The van der Waals surface area contributed by atoms with Crippen molar-refractivity contribution in [3.05, 3.63) is 22.7 Å². The van der Waals surface area contributed by atoms with E-state index in [-0.39, 0.29) is 0 Å². The molecule has 0 amide bonds. The molecule has 0 heterocycles. The lowest BCUT2D eigenvalue weighted by Gasteiger charge is -2.10. The number of ether oxygens (including phenoxy) is 2. The van der Waals surface area contributed by atoms with Gasteiger partial charge in [-0.25, -0.2) is 0 Å². The van der Waals surface area contributed by atoms with Crippen LogP contribution < -0.4 is 15.2 Å². The van der Waals surface area contributed by atoms with Gasteiger partial charge < -0.3 is 15.2 Å². The number of halogens is 1. The third kappa shape index (κ3) is 2.60. The van der Waals surface area contributed by atoms with Crippen LogP contribution in [0.4, 0.5) is 0 Å². The molecule has 0 aliphatic rings. The second kappa shape index (κ2) is 5.09. The first-order valence-corrected chi connectivity index (χ1v) is 4.74. The molecule has 0 saturated carbocycles. The highest BCUT2D eigenvalue weighted by Gasteiger charge is 2.06. The Morgan fingerprint density at radius 3 is 2.85 bits per heavy atom. The number of para-hydroxylation sites is 1. The van der Waals surface area contributed by atoms with Crippen molar-refractivity contribution in [2.75, 3.05) is 20.3 Å². The zero-order valence-corrected chi connectivity index (χ0v) is 9.00. The summed E-state index contributed by atoms with van der Waals surface area (Å²) in [5.41, 5.74) is 5.33. The molecule has 0 atom stereocenters. The highest BCUT2D eigenvalue weighted by Crippen LogP contribution is 2.34. The number of hydrogen-bond donors (Lipinski definition) is 1. The number of nitrogens with two attached hydrogens (primary N) is 1. The predicted octanol–water partition coefficient (Wildman–Crippen LogP) is 1.80. The van der Waals surface area contributed by atoms with Gasteiger partial charge in [0.1, 0.15) is 6.61 Å². The maximum Gasteiger partial charge on any atom is 0.174 e. The zero-order chi connectivity index (χ0) is 9.68. The molecule has 0 aliphatic carbocycles. The van der Waals surface area contributed by atoms with E-state index < -0.39 is 0 Å². The number of rotatable bonds is 4. The average Bonchev–Trinajstić information content (AvgIpc) is 2.15. The summed E-state index contributed by atoms with van der Waals surface area (Å²) in [5.74, 6) is 1.42. The van der Waals surface area contributed by atoms with Gasteiger partial charge in [-0.3, -0.25) is 0 Å². The van der Waals surface area contributed by atoms with Gasteiger partial charge in [0.15, 0.2) is 11.5 Å². The molecule has 1 aromatic rings. The van der Waals surface area contributed by atoms with Crippen LogP contribution >= 0.6 is 15.9 Å². The molecule has 0 saturated heterocycles. The molecule has 1 aromatic carbocycles. The highest BCUT2D eigenvalue weighted by molar-refractivity contribution is 9.10. The van der Waals surface area contributed by atoms with Crippen molar-refractivity contribution >= 4 is 15.9 Å². The molecule has 0 fully saturated rings. The quantitative estimate of drug-likeness (QED) is 0.880. The smallest absolute Gasteiger partial charge is 0.174 e. The fourth-order valence-electron chi connectivity index (χ4n) is 0.970. The normalized spacial score (nSPS) is 9.77. The van der Waals surface area contributed by atoms with Crippen LogP contribution in [0, 0.1) is 0 Å². The highest BCUT2D eigenvalue weighted by atomic mass is 79.9. The van der Waals surface area contributed by atoms with Crippen molar-refractivity contribution in [2.24, 2.45) is 5.73 Å². The molecule has 0 aliphatic heterocycles. The summed E-state index contributed by atoms with van der Waals surface area (Å²) in [6.45, 7) is 0.989. The standard InChI is InChI=1S/C9H12BrNO2/c1-12-9-7(10)3-2-4-8(9)13-6-5-11/h2-4H,5-6,11H2,1H3. The van der Waals surface area contributed by atoms with Gasteiger partial charge in [-0.2, -0.15) is 0 Å². The Morgan fingerprint density at radius 1 is 1.46 bits per heavy atom. The largest absolute Gasteiger partial charge is 0.492 e. The van der Waals surface area contributed by atoms with Crippen LogP contribution in [0.1, 0.15) is 0 Å². The van der Waals surface area contributed by atoms with Crippen LogP contribution in [-0.2, 0) is 0 Å². The summed E-state index contributed by atoms with van der Waals surface area (Å²) in [6.07, 6.45) is 0. The minimum atomic E-state index is 0.493. The first-order valence-electron chi connectivity index (χ1n) is 3.95. The first kappa shape index (κ1) is 10.3. The van der Waals surface area contributed by atoms with E-state index in [1.807, 2.05) is 18.2 Å². The van der Waals surface area contributed by atoms with E-state index in [1.54, 1.807) is 7.11 Å². The van der Waals surface area contributed by atoms with Crippen molar-refractivity contribution in [2.45, 2.75) is 0 Å². The van der Waals surface area contributed by atoms with Crippen LogP contribution in [0.2, 0.25) is 0 Å². The minimum Gasteiger partial charge on any atom is -0.492 e. The summed E-state index contributed by atoms with van der Waals surface area (Å²) < 4.78 is 11.4. The Bertz CT molecular complexity index is 278. The van der Waals surface area contributed by atoms with Crippen molar-refractivity contribution < 1.29 is 9.47 Å². The summed E-state index contributed by atoms with van der Waals surface area (Å²) in [6, 6.07) is 5.63. The van der Waals surface area contributed by atoms with Gasteiger partial charge in [0.25, 0.3) is 0 Å². The Labute approximate surface area is 86.0 Å². The Balaban J connectivity index is 2.85. The van der Waals surface area contributed by atoms with Crippen molar-refractivity contribution in [1.29, 1.82) is 0 Å². The minimum absolute atomic E-state index is 0.493. The number of benzene rings is 1. The van der Waals surface area contributed by atoms with Gasteiger partial charge >= 0.3 is 0 Å². The van der Waals surface area contributed by atoms with E-state index in [1.165, 1.54) is 0 Å². The molecule has 0 aromatic heterocycles. The fraction of sp³-hybridized carbons (Fsp3) is 0.333. The molecule has 0 radical (unpaired) electrons. The monoisotopic (exact) mass is 245 g/mol. The van der Waals surface area contributed by atoms with E-state index >= 15 is 0 Å². The second-order valence-electron chi connectivity index (χ2n) is 2.41. The van der Waals surface area contributed by atoms with Gasteiger partial charge in [-0.05, 0) is 28.1 Å². The molecular weight excluding hydrogens is 234 g/mol. The first-order chi connectivity index (χ1) is 6.29. The third-order valence-corrected chi connectivity index (χ3v) is 2.13. The van der Waals surface area contributed by atoms with Gasteiger partial charge in [0.05, 0.1) is 11.6 Å². The summed E-state index contributed by atoms with van der Waals surface area (Å²) >= 11 is 3.36. The Kier molecular flexibility index (Phi) is 4.05. The Hall–Kier alpha value is -0.740. The van der Waals surface area contributed by atoms with Crippen molar-refractivity contribution in [1.82, 2.24) is 0 Å². The lowest BCUT2D eigenvalue weighted by Crippen LogP contribution is -2.11. The lowest BCUT2D eigenvalue weighted by molar-refractivity contribution is 0.301. The van der Waals surface area contributed by atoms with E-state index in [4.69, 9.17) is 15.2 Å². The third-order valence-electron chi connectivity index (χ3n) is 1.51.